The lowest BCUT2D eigenvalue weighted by atomic mass is 10.7. The van der Waals surface area contributed by atoms with Gasteiger partial charge in [-0.05, 0) is 0 Å². The van der Waals surface area contributed by atoms with Crippen molar-refractivity contribution in [1.29, 1.82) is 5.41 Å². The average Bonchev–Trinajstić information content (AvgIpc) is 1.80. The zero-order chi connectivity index (χ0) is 8.20. The molecule has 0 aliphatic rings. The van der Waals surface area contributed by atoms with E-state index in [1.807, 2.05) is 0 Å². The molecule has 0 aromatic rings. The van der Waals surface area contributed by atoms with Crippen molar-refractivity contribution < 1.29 is 0 Å². The van der Waals surface area contributed by atoms with E-state index in [-0.39, 0.29) is 5.84 Å². The number of hydrazone groups is 1. The fraction of sp³-hybridized carbons (Fsp3) is 0.333. The van der Waals surface area contributed by atoms with Crippen LogP contribution in [0.3, 0.4) is 0 Å². The zero-order valence-corrected chi connectivity index (χ0v) is 7.00. The van der Waals surface area contributed by atoms with E-state index < -0.39 is 3.79 Å². The van der Waals surface area contributed by atoms with Gasteiger partial charge in [0.25, 0.3) is 0 Å². The topological polar surface area (TPSA) is 74.3 Å². The van der Waals surface area contributed by atoms with Gasteiger partial charge in [0.1, 0.15) is 6.34 Å². The Morgan fingerprint density at radius 2 is 2.10 bits per heavy atom. The van der Waals surface area contributed by atoms with E-state index in [0.717, 1.165) is 6.34 Å². The molecular formula is C3H5Cl3N4. The molecule has 0 spiro atoms. The Morgan fingerprint density at radius 1 is 1.60 bits per heavy atom. The predicted molar refractivity (Wildman–Crippen MR) is 43.8 cm³/mol. The number of amidine groups is 1. The summed E-state index contributed by atoms with van der Waals surface area (Å²) in [6.07, 6.45) is 0.949. The Bertz CT molecular complexity index is 148. The van der Waals surface area contributed by atoms with E-state index in [9.17, 15) is 0 Å². The summed E-state index contributed by atoms with van der Waals surface area (Å²) in [5.41, 5.74) is 6.94. The fourth-order valence-corrected chi connectivity index (χ4v) is 0.292. The largest absolute Gasteiger partial charge is 0.388 e. The molecule has 0 heterocycles. The second-order valence-corrected chi connectivity index (χ2v) is 3.54. The van der Waals surface area contributed by atoms with Gasteiger partial charge in [-0.25, -0.2) is 0 Å². The van der Waals surface area contributed by atoms with E-state index in [2.05, 4.69) is 10.5 Å². The van der Waals surface area contributed by atoms with Crippen molar-refractivity contribution in [1.82, 2.24) is 5.43 Å². The molecule has 58 valence electrons. The van der Waals surface area contributed by atoms with Crippen LogP contribution in [0.25, 0.3) is 0 Å². The third-order valence-electron chi connectivity index (χ3n) is 0.534. The first-order valence-electron chi connectivity index (χ1n) is 2.13. The smallest absolute Gasteiger partial charge is 0.248 e. The highest BCUT2D eigenvalue weighted by Gasteiger charge is 2.26. The molecule has 0 aromatic heterocycles. The van der Waals surface area contributed by atoms with Crippen LogP contribution in [0.5, 0.6) is 0 Å². The Morgan fingerprint density at radius 3 is 2.40 bits per heavy atom. The minimum absolute atomic E-state index is 0.348. The Labute approximate surface area is 72.8 Å². The van der Waals surface area contributed by atoms with Gasteiger partial charge >= 0.3 is 0 Å². The van der Waals surface area contributed by atoms with Crippen molar-refractivity contribution >= 4 is 47.0 Å². The number of hydrogen-bond donors (Lipinski definition) is 3. The van der Waals surface area contributed by atoms with Crippen LogP contribution in [0.2, 0.25) is 0 Å². The zero-order valence-electron chi connectivity index (χ0n) is 4.74. The highest BCUT2D eigenvalue weighted by molar-refractivity contribution is 6.76. The standard InChI is InChI=1S/C3H5Cl3N4/c4-3(5,6)2(8)10-9-1-7/h1H,(H2,7,9)(H2,8,10). The SMILES string of the molecule is N=C(N/N=C/N)C(Cl)(Cl)Cl. The third kappa shape index (κ3) is 3.76. The summed E-state index contributed by atoms with van der Waals surface area (Å²) in [7, 11) is 0. The highest BCUT2D eigenvalue weighted by Crippen LogP contribution is 2.25. The van der Waals surface area contributed by atoms with Crippen molar-refractivity contribution in [2.45, 2.75) is 3.79 Å². The number of alkyl halides is 3. The van der Waals surface area contributed by atoms with Gasteiger partial charge in [0.15, 0.2) is 5.84 Å². The molecule has 0 aromatic carbocycles. The van der Waals surface area contributed by atoms with E-state index >= 15 is 0 Å². The van der Waals surface area contributed by atoms with E-state index in [4.69, 9.17) is 45.9 Å². The fourth-order valence-electron chi connectivity index (χ4n) is 0.165. The summed E-state index contributed by atoms with van der Waals surface area (Å²) in [5.74, 6) is -0.348. The first-order valence-corrected chi connectivity index (χ1v) is 3.27. The molecular weight excluding hydrogens is 198 g/mol. The van der Waals surface area contributed by atoms with Crippen LogP contribution in [-0.2, 0) is 0 Å². The van der Waals surface area contributed by atoms with E-state index in [0.29, 0.717) is 0 Å². The molecule has 7 heteroatoms. The molecule has 0 bridgehead atoms. The number of nitrogens with one attached hydrogen (secondary N) is 2. The molecule has 4 N–H and O–H groups in total. The summed E-state index contributed by atoms with van der Waals surface area (Å²) in [6, 6.07) is 0. The second kappa shape index (κ2) is 3.85. The molecule has 0 unspecified atom stereocenters. The summed E-state index contributed by atoms with van der Waals surface area (Å²) >= 11 is 15.7. The van der Waals surface area contributed by atoms with Crippen LogP contribution in [0, 0.1) is 5.41 Å². The molecule has 0 aliphatic heterocycles. The monoisotopic (exact) mass is 202 g/mol. The van der Waals surface area contributed by atoms with Gasteiger partial charge in [0, 0.05) is 0 Å². The van der Waals surface area contributed by atoms with Crippen LogP contribution in [0.1, 0.15) is 0 Å². The van der Waals surface area contributed by atoms with E-state index in [1.165, 1.54) is 0 Å². The van der Waals surface area contributed by atoms with Gasteiger partial charge in [-0.2, -0.15) is 5.10 Å². The van der Waals surface area contributed by atoms with Crippen molar-refractivity contribution in [2.24, 2.45) is 10.8 Å². The Kier molecular flexibility index (Phi) is 3.78. The molecule has 0 saturated carbocycles. The number of nitrogens with two attached hydrogens (primary N) is 1. The Balaban J connectivity index is 3.86. The summed E-state index contributed by atoms with van der Waals surface area (Å²) < 4.78 is -1.77. The minimum Gasteiger partial charge on any atom is -0.388 e. The average molecular weight is 203 g/mol. The van der Waals surface area contributed by atoms with Crippen LogP contribution < -0.4 is 11.2 Å². The lowest BCUT2D eigenvalue weighted by Crippen LogP contribution is -2.30. The van der Waals surface area contributed by atoms with Gasteiger partial charge in [-0.1, -0.05) is 34.8 Å². The third-order valence-corrected chi connectivity index (χ3v) is 1.10. The number of nitrogens with zero attached hydrogens (tertiary/aromatic N) is 1. The van der Waals surface area contributed by atoms with Crippen LogP contribution in [-0.4, -0.2) is 16.0 Å². The van der Waals surface area contributed by atoms with Gasteiger partial charge in [-0.15, -0.1) is 0 Å². The molecule has 0 rings (SSSR count). The molecule has 10 heavy (non-hydrogen) atoms. The number of hydrogen-bond acceptors (Lipinski definition) is 2. The number of halogens is 3. The van der Waals surface area contributed by atoms with Gasteiger partial charge < -0.3 is 5.73 Å². The molecule has 0 fully saturated rings. The molecule has 0 amide bonds. The minimum atomic E-state index is -1.77. The van der Waals surface area contributed by atoms with Gasteiger partial charge in [0.2, 0.25) is 3.79 Å². The van der Waals surface area contributed by atoms with Crippen molar-refractivity contribution in [3.8, 4) is 0 Å². The molecule has 0 aliphatic carbocycles. The quantitative estimate of drug-likeness (QED) is 0.255. The molecule has 0 atom stereocenters. The van der Waals surface area contributed by atoms with Gasteiger partial charge in [-0.3, -0.25) is 10.8 Å². The summed E-state index contributed by atoms with van der Waals surface area (Å²) in [6.45, 7) is 0. The van der Waals surface area contributed by atoms with Crippen molar-refractivity contribution in [3.63, 3.8) is 0 Å². The van der Waals surface area contributed by atoms with Gasteiger partial charge in [0.05, 0.1) is 0 Å². The maximum absolute atomic E-state index is 6.97. The van der Waals surface area contributed by atoms with Crippen molar-refractivity contribution in [2.75, 3.05) is 0 Å². The lowest BCUT2D eigenvalue weighted by molar-refractivity contribution is 0.991. The normalized spacial score (nSPS) is 11.9. The first-order chi connectivity index (χ1) is 4.48. The first kappa shape index (κ1) is 9.81. The number of rotatable bonds is 1. The predicted octanol–water partition coefficient (Wildman–Crippen LogP) is 0.825. The molecule has 0 radical (unpaired) electrons. The lowest BCUT2D eigenvalue weighted by Gasteiger charge is -2.09. The maximum atomic E-state index is 6.97. The van der Waals surface area contributed by atoms with E-state index in [1.54, 1.807) is 0 Å². The molecule has 4 nitrogen and oxygen atoms in total. The highest BCUT2D eigenvalue weighted by atomic mass is 35.6. The second-order valence-electron chi connectivity index (χ2n) is 1.26. The van der Waals surface area contributed by atoms with Crippen molar-refractivity contribution in [3.05, 3.63) is 0 Å². The maximum Gasteiger partial charge on any atom is 0.248 e. The van der Waals surface area contributed by atoms with Crippen LogP contribution >= 0.6 is 34.8 Å². The van der Waals surface area contributed by atoms with Crippen LogP contribution in [0.4, 0.5) is 0 Å². The molecule has 0 saturated heterocycles. The summed E-state index contributed by atoms with van der Waals surface area (Å²) in [5, 5.41) is 10.2. The summed E-state index contributed by atoms with van der Waals surface area (Å²) in [4.78, 5) is 0. The van der Waals surface area contributed by atoms with Crippen LogP contribution in [0.15, 0.2) is 5.10 Å². The Hall–Kier alpha value is -0.190.